The van der Waals surface area contributed by atoms with Gasteiger partial charge < -0.3 is 14.6 Å². The minimum atomic E-state index is -0.429. The number of ether oxygens (including phenoxy) is 2. The fourth-order valence-electron chi connectivity index (χ4n) is 3.33. The highest BCUT2D eigenvalue weighted by Crippen LogP contribution is 2.28. The van der Waals surface area contributed by atoms with E-state index in [0.29, 0.717) is 25.8 Å². The van der Waals surface area contributed by atoms with Crippen LogP contribution in [0.5, 0.6) is 0 Å². The predicted octanol–water partition coefficient (Wildman–Crippen LogP) is 2.77. The molecule has 1 aliphatic carbocycles. The third-order valence-corrected chi connectivity index (χ3v) is 4.96. The number of aliphatic hydroxyl groups is 1. The van der Waals surface area contributed by atoms with Crippen LogP contribution >= 0.6 is 0 Å². The van der Waals surface area contributed by atoms with E-state index in [2.05, 4.69) is 36.1 Å². The molecule has 24 heavy (non-hydrogen) atoms. The maximum atomic E-state index is 10.3. The summed E-state index contributed by atoms with van der Waals surface area (Å²) in [5, 5.41) is 10.3. The fraction of sp³-hybridized carbons (Fsp3) is 0.700. The molecule has 1 saturated carbocycles. The Morgan fingerprint density at radius 3 is 2.58 bits per heavy atom. The van der Waals surface area contributed by atoms with Crippen LogP contribution in [-0.2, 0) is 22.4 Å². The lowest BCUT2D eigenvalue weighted by Crippen LogP contribution is -2.36. The molecule has 1 aromatic carbocycles. The molecule has 0 spiro atoms. The van der Waals surface area contributed by atoms with E-state index in [0.717, 1.165) is 32.4 Å². The van der Waals surface area contributed by atoms with Crippen LogP contribution in [0.4, 0.5) is 0 Å². The van der Waals surface area contributed by atoms with Gasteiger partial charge in [-0.05, 0) is 43.2 Å². The van der Waals surface area contributed by atoms with Crippen molar-refractivity contribution in [1.82, 2.24) is 4.90 Å². The van der Waals surface area contributed by atoms with Crippen molar-refractivity contribution in [3.63, 3.8) is 0 Å². The molecule has 1 N–H and O–H groups in total. The Labute approximate surface area is 145 Å². The quantitative estimate of drug-likeness (QED) is 0.715. The van der Waals surface area contributed by atoms with Gasteiger partial charge in [0, 0.05) is 25.7 Å². The molecule has 2 unspecified atom stereocenters. The number of hydrogen-bond acceptors (Lipinski definition) is 4. The van der Waals surface area contributed by atoms with Gasteiger partial charge in [0.05, 0.1) is 25.4 Å². The van der Waals surface area contributed by atoms with E-state index in [9.17, 15) is 5.11 Å². The van der Waals surface area contributed by atoms with Crippen molar-refractivity contribution in [1.29, 1.82) is 0 Å². The van der Waals surface area contributed by atoms with E-state index in [1.165, 1.54) is 24.0 Å². The van der Waals surface area contributed by atoms with E-state index in [4.69, 9.17) is 9.47 Å². The van der Waals surface area contributed by atoms with Crippen LogP contribution in [0.1, 0.15) is 43.7 Å². The van der Waals surface area contributed by atoms with Crippen molar-refractivity contribution in [2.24, 2.45) is 0 Å². The monoisotopic (exact) mass is 333 g/mol. The number of rotatable bonds is 10. The van der Waals surface area contributed by atoms with Gasteiger partial charge in [0.25, 0.3) is 0 Å². The lowest BCUT2D eigenvalue weighted by Gasteiger charge is -2.25. The Bertz CT molecular complexity index is 480. The molecular weight excluding hydrogens is 302 g/mol. The summed E-state index contributed by atoms with van der Waals surface area (Å²) < 4.78 is 11.2. The fourth-order valence-corrected chi connectivity index (χ4v) is 3.33. The molecule has 4 heteroatoms. The minimum Gasteiger partial charge on any atom is -0.389 e. The van der Waals surface area contributed by atoms with Crippen molar-refractivity contribution in [2.45, 2.75) is 63.8 Å². The molecule has 1 saturated heterocycles. The van der Waals surface area contributed by atoms with Crippen LogP contribution in [0.2, 0.25) is 0 Å². The van der Waals surface area contributed by atoms with Gasteiger partial charge in [0.2, 0.25) is 0 Å². The van der Waals surface area contributed by atoms with Crippen molar-refractivity contribution in [2.75, 3.05) is 26.4 Å². The van der Waals surface area contributed by atoms with E-state index in [-0.39, 0.29) is 6.10 Å². The normalized spacial score (nSPS) is 22.2. The molecule has 0 radical (unpaired) electrons. The number of benzene rings is 1. The second-order valence-electron chi connectivity index (χ2n) is 7.16. The summed E-state index contributed by atoms with van der Waals surface area (Å²) in [6.45, 7) is 5.64. The third-order valence-electron chi connectivity index (χ3n) is 4.96. The highest BCUT2D eigenvalue weighted by Gasteiger charge is 2.30. The minimum absolute atomic E-state index is 0.230. The maximum Gasteiger partial charge on any atom is 0.0900 e. The SMILES string of the molecule is CCc1ccc(CN(CC(O)COCC2CCCO2)C2CC2)cc1. The van der Waals surface area contributed by atoms with Crippen LogP contribution in [0, 0.1) is 0 Å². The Morgan fingerprint density at radius 1 is 1.21 bits per heavy atom. The van der Waals surface area contributed by atoms with Crippen LogP contribution in [0.25, 0.3) is 0 Å². The van der Waals surface area contributed by atoms with Crippen LogP contribution in [0.15, 0.2) is 24.3 Å². The summed E-state index contributed by atoms with van der Waals surface area (Å²) >= 11 is 0. The maximum absolute atomic E-state index is 10.3. The average Bonchev–Trinajstić information content (AvgIpc) is 3.32. The van der Waals surface area contributed by atoms with Gasteiger partial charge in [-0.1, -0.05) is 31.2 Å². The Kier molecular flexibility index (Phi) is 6.67. The van der Waals surface area contributed by atoms with Crippen molar-refractivity contribution >= 4 is 0 Å². The van der Waals surface area contributed by atoms with Gasteiger partial charge in [-0.25, -0.2) is 0 Å². The zero-order valence-electron chi connectivity index (χ0n) is 14.8. The number of aryl methyl sites for hydroxylation is 1. The van der Waals surface area contributed by atoms with Gasteiger partial charge in [-0.3, -0.25) is 4.90 Å². The zero-order chi connectivity index (χ0) is 16.8. The van der Waals surface area contributed by atoms with Gasteiger partial charge in [0.1, 0.15) is 0 Å². The molecule has 0 aromatic heterocycles. The number of nitrogens with zero attached hydrogens (tertiary/aromatic N) is 1. The highest BCUT2D eigenvalue weighted by atomic mass is 16.5. The van der Waals surface area contributed by atoms with E-state index < -0.39 is 6.10 Å². The lowest BCUT2D eigenvalue weighted by molar-refractivity contribution is -0.0265. The molecule has 3 rings (SSSR count). The largest absolute Gasteiger partial charge is 0.389 e. The molecule has 134 valence electrons. The summed E-state index contributed by atoms with van der Waals surface area (Å²) in [5.74, 6) is 0. The van der Waals surface area contributed by atoms with Crippen molar-refractivity contribution in [3.05, 3.63) is 35.4 Å². The standard InChI is InChI=1S/C20H31NO3/c1-2-16-5-7-17(8-6-16)12-21(18-9-10-18)13-19(22)14-23-15-20-4-3-11-24-20/h5-8,18-20,22H,2-4,9-15H2,1H3. The van der Waals surface area contributed by atoms with Gasteiger partial charge in [0.15, 0.2) is 0 Å². The van der Waals surface area contributed by atoms with Crippen LogP contribution < -0.4 is 0 Å². The topological polar surface area (TPSA) is 41.9 Å². The number of aliphatic hydroxyl groups excluding tert-OH is 1. The molecular formula is C20H31NO3. The van der Waals surface area contributed by atoms with Crippen LogP contribution in [0.3, 0.4) is 0 Å². The highest BCUT2D eigenvalue weighted by molar-refractivity contribution is 5.22. The van der Waals surface area contributed by atoms with Gasteiger partial charge >= 0.3 is 0 Å². The van der Waals surface area contributed by atoms with Gasteiger partial charge in [-0.15, -0.1) is 0 Å². The predicted molar refractivity (Wildman–Crippen MR) is 95.1 cm³/mol. The lowest BCUT2D eigenvalue weighted by atomic mass is 10.1. The van der Waals surface area contributed by atoms with E-state index >= 15 is 0 Å². The molecule has 0 bridgehead atoms. The molecule has 1 aromatic rings. The second-order valence-corrected chi connectivity index (χ2v) is 7.16. The van der Waals surface area contributed by atoms with Crippen LogP contribution in [-0.4, -0.2) is 54.6 Å². The van der Waals surface area contributed by atoms with Crippen molar-refractivity contribution in [3.8, 4) is 0 Å². The summed E-state index contributed by atoms with van der Waals surface area (Å²) in [6.07, 6.45) is 5.58. The van der Waals surface area contributed by atoms with E-state index in [1.807, 2.05) is 0 Å². The summed E-state index contributed by atoms with van der Waals surface area (Å²) in [7, 11) is 0. The first-order valence-electron chi connectivity index (χ1n) is 9.44. The second kappa shape index (κ2) is 8.95. The first-order chi connectivity index (χ1) is 11.7. The summed E-state index contributed by atoms with van der Waals surface area (Å²) in [5.41, 5.74) is 2.70. The van der Waals surface area contributed by atoms with Crippen molar-refractivity contribution < 1.29 is 14.6 Å². The molecule has 2 aliphatic rings. The molecule has 2 atom stereocenters. The zero-order valence-corrected chi connectivity index (χ0v) is 14.8. The Hall–Kier alpha value is -0.940. The Morgan fingerprint density at radius 2 is 1.96 bits per heavy atom. The van der Waals surface area contributed by atoms with Gasteiger partial charge in [-0.2, -0.15) is 0 Å². The molecule has 1 heterocycles. The molecule has 4 nitrogen and oxygen atoms in total. The van der Waals surface area contributed by atoms with E-state index in [1.54, 1.807) is 0 Å². The molecule has 1 aliphatic heterocycles. The summed E-state index contributed by atoms with van der Waals surface area (Å²) in [6, 6.07) is 9.48. The number of hydrogen-bond donors (Lipinski definition) is 1. The first kappa shape index (κ1) is 17.9. The smallest absolute Gasteiger partial charge is 0.0900 e. The molecule has 0 amide bonds. The molecule has 2 fully saturated rings. The third kappa shape index (κ3) is 5.55. The Balaban J connectivity index is 1.42. The average molecular weight is 333 g/mol. The summed E-state index contributed by atoms with van der Waals surface area (Å²) in [4.78, 5) is 2.40. The first-order valence-corrected chi connectivity index (χ1v) is 9.44.